The van der Waals surface area contributed by atoms with E-state index in [1.807, 2.05) is 12.1 Å². The number of methoxy groups -OCH3 is 1. The molecule has 0 aromatic heterocycles. The van der Waals surface area contributed by atoms with Crippen LogP contribution in [-0.2, 0) is 0 Å². The molecular weight excluding hydrogens is 370 g/mol. The lowest BCUT2D eigenvalue weighted by Gasteiger charge is -2.24. The molecule has 0 bridgehead atoms. The Kier molecular flexibility index (Phi) is 5.00. The second-order valence-electron chi connectivity index (χ2n) is 5.76. The Morgan fingerprint density at radius 3 is 2.29 bits per heavy atom. The van der Waals surface area contributed by atoms with E-state index >= 15 is 0 Å². The third-order valence-corrected chi connectivity index (χ3v) is 4.81. The van der Waals surface area contributed by atoms with E-state index in [-0.39, 0.29) is 11.7 Å². The summed E-state index contributed by atoms with van der Waals surface area (Å²) < 4.78 is 6.04. The first kappa shape index (κ1) is 16.7. The molecule has 2 aromatic carbocycles. The number of rotatable bonds is 4. The summed E-state index contributed by atoms with van der Waals surface area (Å²) in [5.74, 6) is 0.605. The lowest BCUT2D eigenvalue weighted by Crippen LogP contribution is -2.40. The van der Waals surface area contributed by atoms with Crippen molar-refractivity contribution in [3.8, 4) is 5.75 Å². The van der Waals surface area contributed by atoms with Crippen molar-refractivity contribution < 1.29 is 14.3 Å². The van der Waals surface area contributed by atoms with Gasteiger partial charge in [0.15, 0.2) is 5.78 Å². The Morgan fingerprint density at radius 2 is 1.67 bits per heavy atom. The number of carbonyl (C=O) groups excluding carboxylic acids is 2. The minimum Gasteiger partial charge on any atom is -0.497 e. The molecule has 1 aliphatic heterocycles. The molecule has 3 rings (SSSR count). The van der Waals surface area contributed by atoms with Crippen LogP contribution in [0.5, 0.6) is 5.75 Å². The van der Waals surface area contributed by atoms with E-state index < -0.39 is 6.04 Å². The molecule has 24 heavy (non-hydrogen) atoms. The molecule has 2 aromatic rings. The molecule has 1 atom stereocenters. The first-order chi connectivity index (χ1) is 11.6. The van der Waals surface area contributed by atoms with E-state index in [1.54, 1.807) is 48.4 Å². The van der Waals surface area contributed by atoms with E-state index in [0.717, 1.165) is 10.9 Å². The van der Waals surface area contributed by atoms with Gasteiger partial charge in [-0.05, 0) is 61.4 Å². The summed E-state index contributed by atoms with van der Waals surface area (Å²) in [4.78, 5) is 27.2. The van der Waals surface area contributed by atoms with Gasteiger partial charge in [0.1, 0.15) is 5.75 Å². The van der Waals surface area contributed by atoms with Crippen LogP contribution in [0.15, 0.2) is 53.0 Å². The summed E-state index contributed by atoms with van der Waals surface area (Å²) in [5, 5.41) is 0. The Labute approximate surface area is 149 Å². The summed E-state index contributed by atoms with van der Waals surface area (Å²) in [6, 6.07) is 13.9. The normalized spacial score (nSPS) is 16.9. The summed E-state index contributed by atoms with van der Waals surface area (Å²) in [5.41, 5.74) is 1.21. The maximum atomic E-state index is 12.8. The van der Waals surface area contributed by atoms with E-state index in [1.165, 1.54) is 0 Å². The second-order valence-corrected chi connectivity index (χ2v) is 6.67. The molecule has 1 aliphatic rings. The number of ketones is 1. The van der Waals surface area contributed by atoms with E-state index in [0.29, 0.717) is 29.8 Å². The maximum Gasteiger partial charge on any atom is 0.254 e. The van der Waals surface area contributed by atoms with E-state index in [2.05, 4.69) is 15.9 Å². The topological polar surface area (TPSA) is 46.6 Å². The van der Waals surface area contributed by atoms with Crippen molar-refractivity contribution in [1.82, 2.24) is 4.90 Å². The Balaban J connectivity index is 1.80. The number of hydrogen-bond acceptors (Lipinski definition) is 3. The summed E-state index contributed by atoms with van der Waals surface area (Å²) >= 11 is 3.37. The number of nitrogens with zero attached hydrogens (tertiary/aromatic N) is 1. The van der Waals surface area contributed by atoms with Crippen LogP contribution in [0.4, 0.5) is 0 Å². The largest absolute Gasteiger partial charge is 0.497 e. The van der Waals surface area contributed by atoms with E-state index in [4.69, 9.17) is 4.74 Å². The van der Waals surface area contributed by atoms with Gasteiger partial charge < -0.3 is 9.64 Å². The van der Waals surface area contributed by atoms with Crippen LogP contribution in [0.25, 0.3) is 0 Å². The van der Waals surface area contributed by atoms with Gasteiger partial charge in [0, 0.05) is 22.1 Å². The fraction of sp³-hybridized carbons (Fsp3) is 0.263. The zero-order valence-corrected chi connectivity index (χ0v) is 15.0. The van der Waals surface area contributed by atoms with Crippen molar-refractivity contribution in [2.45, 2.75) is 18.9 Å². The van der Waals surface area contributed by atoms with Crippen LogP contribution < -0.4 is 4.74 Å². The number of ether oxygens (including phenoxy) is 1. The fourth-order valence-electron chi connectivity index (χ4n) is 2.99. The second kappa shape index (κ2) is 7.18. The molecule has 4 nitrogen and oxygen atoms in total. The highest BCUT2D eigenvalue weighted by molar-refractivity contribution is 9.10. The highest BCUT2D eigenvalue weighted by atomic mass is 79.9. The zero-order chi connectivity index (χ0) is 17.1. The lowest BCUT2D eigenvalue weighted by molar-refractivity contribution is 0.0671. The van der Waals surface area contributed by atoms with E-state index in [9.17, 15) is 9.59 Å². The van der Waals surface area contributed by atoms with Crippen LogP contribution in [0.1, 0.15) is 33.6 Å². The average Bonchev–Trinajstić information content (AvgIpc) is 3.11. The molecular formula is C19H18BrNO3. The quantitative estimate of drug-likeness (QED) is 0.746. The van der Waals surface area contributed by atoms with Crippen molar-refractivity contribution in [1.29, 1.82) is 0 Å². The van der Waals surface area contributed by atoms with Gasteiger partial charge in [-0.2, -0.15) is 0 Å². The molecule has 5 heteroatoms. The first-order valence-electron chi connectivity index (χ1n) is 7.85. The number of amides is 1. The first-order valence-corrected chi connectivity index (χ1v) is 8.64. The number of halogens is 1. The van der Waals surface area contributed by atoms with Gasteiger partial charge in [0.25, 0.3) is 5.91 Å². The Bertz CT molecular complexity index is 740. The maximum absolute atomic E-state index is 12.8. The Morgan fingerprint density at radius 1 is 1.04 bits per heavy atom. The van der Waals surface area contributed by atoms with Crippen LogP contribution in [0, 0.1) is 0 Å². The molecule has 1 amide bonds. The molecule has 124 valence electrons. The van der Waals surface area contributed by atoms with Gasteiger partial charge in [0.2, 0.25) is 0 Å². The predicted molar refractivity (Wildman–Crippen MR) is 95.5 cm³/mol. The van der Waals surface area contributed by atoms with Crippen LogP contribution >= 0.6 is 15.9 Å². The Hall–Kier alpha value is -2.14. The third-order valence-electron chi connectivity index (χ3n) is 4.28. The molecule has 1 unspecified atom stereocenters. The van der Waals surface area contributed by atoms with Crippen molar-refractivity contribution in [2.24, 2.45) is 0 Å². The average molecular weight is 388 g/mol. The summed E-state index contributed by atoms with van der Waals surface area (Å²) in [6.07, 6.45) is 1.54. The van der Waals surface area contributed by atoms with Gasteiger partial charge in [-0.3, -0.25) is 9.59 Å². The van der Waals surface area contributed by atoms with Crippen molar-refractivity contribution in [3.63, 3.8) is 0 Å². The standard InChI is InChI=1S/C19H18BrNO3/c1-24-16-10-6-13(7-11-16)18(22)17-3-2-12-21(17)19(23)14-4-8-15(20)9-5-14/h4-11,17H,2-3,12H2,1H3. The lowest BCUT2D eigenvalue weighted by atomic mass is 10.0. The zero-order valence-electron chi connectivity index (χ0n) is 13.4. The fourth-order valence-corrected chi connectivity index (χ4v) is 3.25. The summed E-state index contributed by atoms with van der Waals surface area (Å²) in [7, 11) is 1.59. The van der Waals surface area contributed by atoms with Gasteiger partial charge in [0.05, 0.1) is 13.2 Å². The number of likely N-dealkylation sites (tertiary alicyclic amines) is 1. The third kappa shape index (κ3) is 3.36. The van der Waals surface area contributed by atoms with Gasteiger partial charge >= 0.3 is 0 Å². The van der Waals surface area contributed by atoms with Gasteiger partial charge in [-0.15, -0.1) is 0 Å². The minimum absolute atomic E-state index is 0.0133. The van der Waals surface area contributed by atoms with Crippen molar-refractivity contribution >= 4 is 27.6 Å². The smallest absolute Gasteiger partial charge is 0.254 e. The molecule has 1 fully saturated rings. The van der Waals surface area contributed by atoms with Gasteiger partial charge in [-0.25, -0.2) is 0 Å². The molecule has 0 saturated carbocycles. The van der Waals surface area contributed by atoms with Crippen molar-refractivity contribution in [2.75, 3.05) is 13.7 Å². The van der Waals surface area contributed by atoms with Crippen LogP contribution in [0.3, 0.4) is 0 Å². The number of hydrogen-bond donors (Lipinski definition) is 0. The molecule has 1 saturated heterocycles. The van der Waals surface area contributed by atoms with Crippen LogP contribution in [0.2, 0.25) is 0 Å². The minimum atomic E-state index is -0.394. The number of benzene rings is 2. The predicted octanol–water partition coefficient (Wildman–Crippen LogP) is 3.95. The molecule has 0 radical (unpaired) electrons. The van der Waals surface area contributed by atoms with Gasteiger partial charge in [-0.1, -0.05) is 15.9 Å². The number of carbonyl (C=O) groups is 2. The summed E-state index contributed by atoms with van der Waals surface area (Å²) in [6.45, 7) is 0.613. The molecule has 0 spiro atoms. The molecule has 1 heterocycles. The molecule has 0 aliphatic carbocycles. The highest BCUT2D eigenvalue weighted by Crippen LogP contribution is 2.25. The monoisotopic (exact) mass is 387 g/mol. The van der Waals surface area contributed by atoms with Crippen molar-refractivity contribution in [3.05, 3.63) is 64.1 Å². The molecule has 0 N–H and O–H groups in total. The van der Waals surface area contributed by atoms with Crippen LogP contribution in [-0.4, -0.2) is 36.3 Å². The number of Topliss-reactive ketones (excluding diaryl/α,β-unsaturated/α-hetero) is 1. The SMILES string of the molecule is COc1ccc(C(=O)C2CCCN2C(=O)c2ccc(Br)cc2)cc1. The highest BCUT2D eigenvalue weighted by Gasteiger charge is 2.34.